The molecule has 0 aromatic carbocycles. The van der Waals surface area contributed by atoms with Gasteiger partial charge < -0.3 is 10.2 Å². The average Bonchev–Trinajstić information content (AvgIpc) is 3.18. The lowest BCUT2D eigenvalue weighted by Gasteiger charge is -2.19. The topological polar surface area (TPSA) is 62.3 Å². The van der Waals surface area contributed by atoms with Crippen molar-refractivity contribution in [2.24, 2.45) is 0 Å². The Labute approximate surface area is 119 Å². The Morgan fingerprint density at radius 1 is 1.50 bits per heavy atom. The molecule has 1 N–H and O–H groups in total. The molecule has 0 unspecified atom stereocenters. The van der Waals surface area contributed by atoms with Crippen molar-refractivity contribution in [3.63, 3.8) is 0 Å². The Kier molecular flexibility index (Phi) is 4.59. The van der Waals surface area contributed by atoms with Crippen LogP contribution in [0.1, 0.15) is 18.4 Å². The van der Waals surface area contributed by atoms with Crippen molar-refractivity contribution in [3.8, 4) is 0 Å². The van der Waals surface area contributed by atoms with Gasteiger partial charge in [0.25, 0.3) is 0 Å². The molecule has 0 aliphatic heterocycles. The molecule has 7 heteroatoms. The van der Waals surface area contributed by atoms with Crippen LogP contribution in [-0.2, 0) is 16.4 Å². The third-order valence-electron chi connectivity index (χ3n) is 3.27. The number of hydrogen-bond donors (Lipinski definition) is 1. The first kappa shape index (κ1) is 15.2. The van der Waals surface area contributed by atoms with Gasteiger partial charge in [-0.1, -0.05) is 0 Å². The second-order valence-corrected chi connectivity index (χ2v) is 7.57. The van der Waals surface area contributed by atoms with Gasteiger partial charge in [-0.2, -0.15) is 0 Å². The lowest BCUT2D eigenvalue weighted by molar-refractivity contribution is 0.577. The molecule has 0 atom stereocenters. The fraction of sp³-hybridized carbons (Fsp3) is 0.615. The summed E-state index contributed by atoms with van der Waals surface area (Å²) in [6.45, 7) is 0.703. The molecule has 1 aromatic heterocycles. The molecule has 0 radical (unpaired) electrons. The number of nitrogens with zero attached hydrogens (tertiary/aromatic N) is 2. The summed E-state index contributed by atoms with van der Waals surface area (Å²) >= 11 is 0. The molecule has 1 aromatic rings. The van der Waals surface area contributed by atoms with Crippen LogP contribution in [0.15, 0.2) is 12.3 Å². The van der Waals surface area contributed by atoms with E-state index in [0.717, 1.165) is 12.8 Å². The Bertz CT molecular complexity index is 573. The van der Waals surface area contributed by atoms with Crippen LogP contribution in [0.5, 0.6) is 0 Å². The summed E-state index contributed by atoms with van der Waals surface area (Å²) in [5.41, 5.74) is 0.563. The predicted molar refractivity (Wildman–Crippen MR) is 77.0 cm³/mol. The van der Waals surface area contributed by atoms with Crippen LogP contribution in [0, 0.1) is 5.82 Å². The van der Waals surface area contributed by atoms with Gasteiger partial charge in [0.2, 0.25) is 0 Å². The molecule has 1 fully saturated rings. The minimum absolute atomic E-state index is 0.0187. The van der Waals surface area contributed by atoms with Crippen LogP contribution in [0.25, 0.3) is 0 Å². The second kappa shape index (κ2) is 6.05. The predicted octanol–water partition coefficient (Wildman–Crippen LogP) is 0.953. The van der Waals surface area contributed by atoms with Crippen molar-refractivity contribution in [2.45, 2.75) is 25.4 Å². The second-order valence-electron chi connectivity index (χ2n) is 5.31. The maximum Gasteiger partial charge on any atom is 0.170 e. The zero-order chi connectivity index (χ0) is 14.8. The maximum absolute atomic E-state index is 14.3. The van der Waals surface area contributed by atoms with E-state index in [1.54, 1.807) is 19.3 Å². The van der Waals surface area contributed by atoms with Gasteiger partial charge in [-0.05, 0) is 18.9 Å². The molecule has 0 bridgehead atoms. The van der Waals surface area contributed by atoms with Gasteiger partial charge in [-0.25, -0.2) is 17.8 Å². The van der Waals surface area contributed by atoms with Crippen LogP contribution < -0.4 is 10.2 Å². The number of anilines is 1. The van der Waals surface area contributed by atoms with E-state index in [2.05, 4.69) is 10.3 Å². The summed E-state index contributed by atoms with van der Waals surface area (Å²) in [6.07, 6.45) is 5.02. The van der Waals surface area contributed by atoms with Gasteiger partial charge in [-0.15, -0.1) is 0 Å². The lowest BCUT2D eigenvalue weighted by atomic mass is 10.2. The summed E-state index contributed by atoms with van der Waals surface area (Å²) in [4.78, 5) is 5.55. The molecule has 1 aliphatic carbocycles. The molecular formula is C13H20FN3O2S. The van der Waals surface area contributed by atoms with Crippen molar-refractivity contribution >= 4 is 15.7 Å². The first-order valence-electron chi connectivity index (χ1n) is 6.62. The Morgan fingerprint density at radius 2 is 2.20 bits per heavy atom. The largest absolute Gasteiger partial charge is 0.356 e. The van der Waals surface area contributed by atoms with Crippen LogP contribution >= 0.6 is 0 Å². The van der Waals surface area contributed by atoms with Gasteiger partial charge in [0.15, 0.2) is 11.6 Å². The van der Waals surface area contributed by atoms with Crippen LogP contribution in [0.2, 0.25) is 0 Å². The van der Waals surface area contributed by atoms with E-state index in [0.29, 0.717) is 18.2 Å². The molecule has 1 saturated carbocycles. The normalized spacial score (nSPS) is 15.3. The number of halogens is 1. The number of pyridine rings is 1. The highest BCUT2D eigenvalue weighted by Gasteiger charge is 2.21. The van der Waals surface area contributed by atoms with Crippen molar-refractivity contribution < 1.29 is 12.8 Å². The van der Waals surface area contributed by atoms with Crippen molar-refractivity contribution in [3.05, 3.63) is 23.6 Å². The minimum Gasteiger partial charge on any atom is -0.356 e. The van der Waals surface area contributed by atoms with E-state index >= 15 is 0 Å². The van der Waals surface area contributed by atoms with E-state index in [-0.39, 0.29) is 23.9 Å². The third kappa shape index (κ3) is 4.42. The number of aromatic nitrogens is 1. The zero-order valence-corrected chi connectivity index (χ0v) is 12.6. The molecule has 0 saturated heterocycles. The highest BCUT2D eigenvalue weighted by molar-refractivity contribution is 7.90. The Balaban J connectivity index is 2.04. The highest BCUT2D eigenvalue weighted by Crippen LogP contribution is 2.22. The van der Waals surface area contributed by atoms with Gasteiger partial charge in [0.05, 0.1) is 5.75 Å². The fourth-order valence-electron chi connectivity index (χ4n) is 1.82. The zero-order valence-electron chi connectivity index (χ0n) is 11.8. The fourth-order valence-corrected chi connectivity index (χ4v) is 2.43. The summed E-state index contributed by atoms with van der Waals surface area (Å²) in [6, 6.07) is 2.16. The summed E-state index contributed by atoms with van der Waals surface area (Å²) in [7, 11) is -1.42. The molecule has 0 amide bonds. The lowest BCUT2D eigenvalue weighted by Crippen LogP contribution is -2.27. The van der Waals surface area contributed by atoms with E-state index in [4.69, 9.17) is 0 Å². The average molecular weight is 301 g/mol. The standard InChI is InChI=1S/C13H20FN3O2S/c1-17(7-8-20(2,18)19)13-12(14)10(5-6-15-13)9-16-11-3-4-11/h5-6,11,16H,3-4,7-9H2,1-2H3. The molecule has 1 heterocycles. The van der Waals surface area contributed by atoms with Gasteiger partial charge in [-0.3, -0.25) is 0 Å². The summed E-state index contributed by atoms with van der Waals surface area (Å²) in [5, 5.41) is 3.25. The molecular weight excluding hydrogens is 281 g/mol. The van der Waals surface area contributed by atoms with Crippen molar-refractivity contribution in [2.75, 3.05) is 30.5 Å². The van der Waals surface area contributed by atoms with E-state index in [1.165, 1.54) is 11.2 Å². The number of sulfone groups is 1. The number of nitrogens with one attached hydrogen (secondary N) is 1. The number of hydrogen-bond acceptors (Lipinski definition) is 5. The SMILES string of the molecule is CN(CCS(C)(=O)=O)c1nccc(CNC2CC2)c1F. The molecule has 2 rings (SSSR count). The van der Waals surface area contributed by atoms with E-state index in [1.807, 2.05) is 0 Å². The highest BCUT2D eigenvalue weighted by atomic mass is 32.2. The Hall–Kier alpha value is -1.21. The minimum atomic E-state index is -3.07. The first-order valence-corrected chi connectivity index (χ1v) is 8.68. The van der Waals surface area contributed by atoms with Gasteiger partial charge in [0.1, 0.15) is 9.84 Å². The summed E-state index contributed by atoms with van der Waals surface area (Å²) < 4.78 is 36.6. The maximum atomic E-state index is 14.3. The molecule has 112 valence electrons. The first-order chi connectivity index (χ1) is 9.37. The molecule has 5 nitrogen and oxygen atoms in total. The third-order valence-corrected chi connectivity index (χ3v) is 4.19. The van der Waals surface area contributed by atoms with Gasteiger partial charge >= 0.3 is 0 Å². The number of rotatable bonds is 7. The van der Waals surface area contributed by atoms with Crippen molar-refractivity contribution in [1.82, 2.24) is 10.3 Å². The van der Waals surface area contributed by atoms with Crippen molar-refractivity contribution in [1.29, 1.82) is 0 Å². The van der Waals surface area contributed by atoms with Gasteiger partial charge in [0, 0.05) is 44.2 Å². The quantitative estimate of drug-likeness (QED) is 0.812. The monoisotopic (exact) mass is 301 g/mol. The molecule has 1 aliphatic rings. The molecule has 20 heavy (non-hydrogen) atoms. The smallest absolute Gasteiger partial charge is 0.170 e. The van der Waals surface area contributed by atoms with E-state index in [9.17, 15) is 12.8 Å². The van der Waals surface area contributed by atoms with Crippen LogP contribution in [0.3, 0.4) is 0 Å². The summed E-state index contributed by atoms with van der Waals surface area (Å²) in [5.74, 6) is -0.199. The molecule has 0 spiro atoms. The van der Waals surface area contributed by atoms with Crippen LogP contribution in [0.4, 0.5) is 10.2 Å². The Morgan fingerprint density at radius 3 is 2.80 bits per heavy atom. The van der Waals surface area contributed by atoms with Crippen LogP contribution in [-0.4, -0.2) is 45.0 Å². The van der Waals surface area contributed by atoms with E-state index < -0.39 is 9.84 Å².